The van der Waals surface area contributed by atoms with Crippen LogP contribution in [0.25, 0.3) is 0 Å². The Bertz CT molecular complexity index is 958. The number of hydrogen-bond donors (Lipinski definition) is 0. The zero-order valence-corrected chi connectivity index (χ0v) is 15.9. The van der Waals surface area contributed by atoms with Crippen LogP contribution in [0.4, 0.5) is 5.69 Å². The van der Waals surface area contributed by atoms with E-state index in [1.165, 1.54) is 12.1 Å². The van der Waals surface area contributed by atoms with Gasteiger partial charge in [0, 0.05) is 19.4 Å². The van der Waals surface area contributed by atoms with Gasteiger partial charge in [0.1, 0.15) is 10.7 Å². The Morgan fingerprint density at radius 3 is 2.85 bits per heavy atom. The van der Waals surface area contributed by atoms with Crippen LogP contribution in [0.15, 0.2) is 21.4 Å². The lowest BCUT2D eigenvalue weighted by atomic mass is 10.1. The topological polar surface area (TPSA) is 102 Å². The highest BCUT2D eigenvalue weighted by molar-refractivity contribution is 7.90. The summed E-state index contributed by atoms with van der Waals surface area (Å²) in [6.45, 7) is 0.810. The van der Waals surface area contributed by atoms with Crippen molar-refractivity contribution in [1.29, 1.82) is 0 Å². The predicted octanol–water partition coefficient (Wildman–Crippen LogP) is 2.29. The fourth-order valence-corrected chi connectivity index (χ4v) is 4.93. The Balaban J connectivity index is 1.73. The van der Waals surface area contributed by atoms with Gasteiger partial charge in [-0.3, -0.25) is 0 Å². The molecular weight excluding hydrogens is 396 g/mol. The SMILES string of the molecule is O=C(O[C@@H]1CCOC1=O)c1cc2c(cc1Cl)N1CCCCCC1=NS2(=O)=O. The van der Waals surface area contributed by atoms with Gasteiger partial charge in [-0.2, -0.15) is 8.42 Å². The molecule has 4 rings (SSSR count). The maximum atomic E-state index is 12.6. The average Bonchev–Trinajstić information content (AvgIpc) is 2.87. The standard InChI is InChI=1S/C17H17ClN2O6S/c18-11-9-12-14(8-10(11)16(21)26-13-5-7-25-17(13)22)27(23,24)19-15-4-2-1-3-6-20(12)15/h8-9,13H,1-7H2/t13-/m1/s1. The van der Waals surface area contributed by atoms with Gasteiger partial charge in [-0.25, -0.2) is 9.59 Å². The summed E-state index contributed by atoms with van der Waals surface area (Å²) in [7, 11) is -3.95. The van der Waals surface area contributed by atoms with Gasteiger partial charge in [0.25, 0.3) is 10.0 Å². The van der Waals surface area contributed by atoms with Crippen LogP contribution >= 0.6 is 11.6 Å². The first kappa shape index (κ1) is 18.2. The number of fused-ring (bicyclic) bond motifs is 3. The molecule has 0 spiro atoms. The van der Waals surface area contributed by atoms with Gasteiger partial charge in [-0.15, -0.1) is 4.40 Å². The van der Waals surface area contributed by atoms with Crippen molar-refractivity contribution in [2.75, 3.05) is 18.1 Å². The second kappa shape index (κ2) is 6.79. The molecule has 1 aromatic carbocycles. The van der Waals surface area contributed by atoms with Crippen molar-refractivity contribution >= 4 is 45.1 Å². The van der Waals surface area contributed by atoms with Crippen LogP contribution in [0, 0.1) is 0 Å². The van der Waals surface area contributed by atoms with E-state index in [0.29, 0.717) is 24.5 Å². The molecule has 1 aromatic rings. The van der Waals surface area contributed by atoms with Crippen LogP contribution < -0.4 is 4.90 Å². The van der Waals surface area contributed by atoms with Crippen molar-refractivity contribution in [2.24, 2.45) is 4.40 Å². The summed E-state index contributed by atoms with van der Waals surface area (Å²) < 4.78 is 39.1. The van der Waals surface area contributed by atoms with E-state index in [1.807, 2.05) is 4.90 Å². The smallest absolute Gasteiger partial charge is 0.347 e. The summed E-state index contributed by atoms with van der Waals surface area (Å²) in [5, 5.41) is 0.0609. The summed E-state index contributed by atoms with van der Waals surface area (Å²) in [4.78, 5) is 25.7. The van der Waals surface area contributed by atoms with Gasteiger partial charge in [-0.05, 0) is 25.0 Å². The lowest BCUT2D eigenvalue weighted by Crippen LogP contribution is -2.35. The molecule has 3 heterocycles. The molecule has 8 nitrogen and oxygen atoms in total. The summed E-state index contributed by atoms with van der Waals surface area (Å²) in [5.74, 6) is -0.989. The van der Waals surface area contributed by atoms with Gasteiger partial charge in [0.15, 0.2) is 0 Å². The largest absolute Gasteiger partial charge is 0.463 e. The number of carbonyl (C=O) groups is 2. The molecule has 10 heteroatoms. The Kier molecular flexibility index (Phi) is 4.59. The molecular formula is C17H17ClN2O6S. The van der Waals surface area contributed by atoms with E-state index in [1.54, 1.807) is 0 Å². The molecule has 0 unspecified atom stereocenters. The van der Waals surface area contributed by atoms with Crippen LogP contribution in [0.5, 0.6) is 0 Å². The summed E-state index contributed by atoms with van der Waals surface area (Å²) >= 11 is 6.26. The summed E-state index contributed by atoms with van der Waals surface area (Å²) in [6.07, 6.45) is 2.59. The van der Waals surface area contributed by atoms with Crippen molar-refractivity contribution in [3.8, 4) is 0 Å². The second-order valence-electron chi connectivity index (χ2n) is 6.59. The molecule has 144 valence electrons. The van der Waals surface area contributed by atoms with Crippen LogP contribution in [0.1, 0.15) is 42.5 Å². The molecule has 1 atom stereocenters. The minimum atomic E-state index is -3.95. The lowest BCUT2D eigenvalue weighted by Gasteiger charge is -2.30. The maximum Gasteiger partial charge on any atom is 0.347 e. The van der Waals surface area contributed by atoms with Gasteiger partial charge in [-0.1, -0.05) is 18.0 Å². The number of esters is 2. The first-order valence-corrected chi connectivity index (χ1v) is 10.5. The zero-order valence-electron chi connectivity index (χ0n) is 14.3. The molecule has 2 saturated heterocycles. The lowest BCUT2D eigenvalue weighted by molar-refractivity contribution is -0.145. The Hall–Kier alpha value is -2.13. The minimum Gasteiger partial charge on any atom is -0.463 e. The Morgan fingerprint density at radius 2 is 2.11 bits per heavy atom. The van der Waals surface area contributed by atoms with Gasteiger partial charge in [0.05, 0.1) is 22.9 Å². The molecule has 0 aromatic heterocycles. The molecule has 0 N–H and O–H groups in total. The van der Waals surface area contributed by atoms with E-state index in [4.69, 9.17) is 21.1 Å². The molecule has 0 radical (unpaired) electrons. The number of halogens is 1. The average molecular weight is 413 g/mol. The monoisotopic (exact) mass is 412 g/mol. The first-order chi connectivity index (χ1) is 12.9. The minimum absolute atomic E-state index is 0.0609. The Morgan fingerprint density at radius 1 is 1.30 bits per heavy atom. The van der Waals surface area contributed by atoms with Crippen molar-refractivity contribution in [3.05, 3.63) is 22.7 Å². The molecule has 2 fully saturated rings. The van der Waals surface area contributed by atoms with E-state index in [0.717, 1.165) is 19.3 Å². The van der Waals surface area contributed by atoms with Crippen LogP contribution in [0.3, 0.4) is 0 Å². The third-order valence-electron chi connectivity index (χ3n) is 4.79. The first-order valence-electron chi connectivity index (χ1n) is 8.69. The fourth-order valence-electron chi connectivity index (χ4n) is 3.43. The number of carbonyl (C=O) groups excluding carboxylic acids is 2. The van der Waals surface area contributed by atoms with Crippen molar-refractivity contribution in [1.82, 2.24) is 0 Å². The van der Waals surface area contributed by atoms with E-state index in [9.17, 15) is 18.0 Å². The molecule has 0 bridgehead atoms. The van der Waals surface area contributed by atoms with Crippen LogP contribution in [0.2, 0.25) is 5.02 Å². The third kappa shape index (κ3) is 3.29. The molecule has 27 heavy (non-hydrogen) atoms. The number of ether oxygens (including phenoxy) is 2. The van der Waals surface area contributed by atoms with E-state index < -0.39 is 28.1 Å². The van der Waals surface area contributed by atoms with E-state index in [-0.39, 0.29) is 28.5 Å². The fraction of sp³-hybridized carbons (Fsp3) is 0.471. The van der Waals surface area contributed by atoms with E-state index in [2.05, 4.69) is 4.40 Å². The second-order valence-corrected chi connectivity index (χ2v) is 8.57. The molecule has 0 amide bonds. The number of anilines is 1. The summed E-state index contributed by atoms with van der Waals surface area (Å²) in [5.41, 5.74) is 0.302. The molecule has 3 aliphatic rings. The highest BCUT2D eigenvalue weighted by atomic mass is 35.5. The Labute approximate surface area is 161 Å². The maximum absolute atomic E-state index is 12.6. The number of sulfonamides is 1. The van der Waals surface area contributed by atoms with E-state index >= 15 is 0 Å². The van der Waals surface area contributed by atoms with Crippen molar-refractivity contribution < 1.29 is 27.5 Å². The molecule has 0 saturated carbocycles. The number of nitrogens with zero attached hydrogens (tertiary/aromatic N) is 2. The normalized spacial score (nSPS) is 23.6. The number of benzene rings is 1. The summed E-state index contributed by atoms with van der Waals surface area (Å²) in [6, 6.07) is 2.64. The van der Waals surface area contributed by atoms with Crippen molar-refractivity contribution in [2.45, 2.75) is 43.1 Å². The molecule has 3 aliphatic heterocycles. The van der Waals surface area contributed by atoms with Gasteiger partial charge in [0.2, 0.25) is 6.10 Å². The van der Waals surface area contributed by atoms with Crippen molar-refractivity contribution in [3.63, 3.8) is 0 Å². The number of cyclic esters (lactones) is 1. The number of rotatable bonds is 2. The number of hydrogen-bond acceptors (Lipinski definition) is 7. The zero-order chi connectivity index (χ0) is 19.2. The quantitative estimate of drug-likeness (QED) is 0.686. The number of amidine groups is 1. The highest BCUT2D eigenvalue weighted by Gasteiger charge is 2.35. The van der Waals surface area contributed by atoms with Gasteiger partial charge >= 0.3 is 11.9 Å². The predicted molar refractivity (Wildman–Crippen MR) is 96.7 cm³/mol. The van der Waals surface area contributed by atoms with Gasteiger partial charge < -0.3 is 14.4 Å². The van der Waals surface area contributed by atoms with Crippen LogP contribution in [-0.4, -0.2) is 45.4 Å². The van der Waals surface area contributed by atoms with Crippen LogP contribution in [-0.2, 0) is 24.3 Å². The molecule has 0 aliphatic carbocycles. The third-order valence-corrected chi connectivity index (χ3v) is 6.44. The highest BCUT2D eigenvalue weighted by Crippen LogP contribution is 2.38.